The highest BCUT2D eigenvalue weighted by molar-refractivity contribution is 5.34. The molecule has 1 N–H and O–H groups in total. The third kappa shape index (κ3) is 6.35. The van der Waals surface area contributed by atoms with Gasteiger partial charge in [0.15, 0.2) is 0 Å². The normalized spacial score (nSPS) is 13.3. The fraction of sp³-hybridized carbons (Fsp3) is 0.625. The first-order chi connectivity index (χ1) is 9.31. The quantitative estimate of drug-likeness (QED) is 0.830. The van der Waals surface area contributed by atoms with E-state index in [9.17, 15) is 4.39 Å². The van der Waals surface area contributed by atoms with Gasteiger partial charge in [-0.25, -0.2) is 4.39 Å². The van der Waals surface area contributed by atoms with Gasteiger partial charge in [-0.05, 0) is 45.9 Å². The Bertz CT molecular complexity index is 415. The maximum Gasteiger partial charge on any atom is 0.124 e. The number of methoxy groups -OCH3 is 1. The summed E-state index contributed by atoms with van der Waals surface area (Å²) in [4.78, 5) is 0. The number of halogens is 1. The van der Waals surface area contributed by atoms with Gasteiger partial charge in [-0.2, -0.15) is 0 Å². The molecule has 4 heteroatoms. The highest BCUT2D eigenvalue weighted by atomic mass is 19.1. The molecule has 1 aromatic rings. The molecule has 0 spiro atoms. The summed E-state index contributed by atoms with van der Waals surface area (Å²) in [7, 11) is 1.67. The molecule has 114 valence electrons. The van der Waals surface area contributed by atoms with Crippen LogP contribution in [0.3, 0.4) is 0 Å². The second kappa shape index (κ2) is 7.60. The van der Waals surface area contributed by atoms with Crippen LogP contribution < -0.4 is 10.1 Å². The summed E-state index contributed by atoms with van der Waals surface area (Å²) in [5.74, 6) is 0.486. The van der Waals surface area contributed by atoms with Gasteiger partial charge in [0.25, 0.3) is 0 Å². The number of ether oxygens (including phenoxy) is 2. The van der Waals surface area contributed by atoms with Crippen LogP contribution in [0.1, 0.15) is 39.7 Å². The van der Waals surface area contributed by atoms with Crippen molar-refractivity contribution in [3.63, 3.8) is 0 Å². The summed E-state index contributed by atoms with van der Waals surface area (Å²) >= 11 is 0. The van der Waals surface area contributed by atoms with E-state index in [2.05, 4.69) is 26.1 Å². The Kier molecular flexibility index (Phi) is 6.43. The highest BCUT2D eigenvalue weighted by Crippen LogP contribution is 2.22. The van der Waals surface area contributed by atoms with E-state index in [1.165, 1.54) is 12.1 Å². The number of hydrogen-bond donors (Lipinski definition) is 1. The van der Waals surface area contributed by atoms with E-state index in [1.807, 2.05) is 6.92 Å². The van der Waals surface area contributed by atoms with Crippen molar-refractivity contribution in [2.75, 3.05) is 13.7 Å². The van der Waals surface area contributed by atoms with Gasteiger partial charge in [-0.15, -0.1) is 0 Å². The van der Waals surface area contributed by atoms with Crippen LogP contribution in [0.25, 0.3) is 0 Å². The molecule has 0 saturated heterocycles. The van der Waals surface area contributed by atoms with Crippen LogP contribution in [0.15, 0.2) is 18.2 Å². The van der Waals surface area contributed by atoms with E-state index in [0.717, 1.165) is 17.7 Å². The average Bonchev–Trinajstić information content (AvgIpc) is 2.35. The summed E-state index contributed by atoms with van der Waals surface area (Å²) in [5, 5.41) is 3.35. The second-order valence-electron chi connectivity index (χ2n) is 6.07. The van der Waals surface area contributed by atoms with E-state index in [4.69, 9.17) is 9.47 Å². The van der Waals surface area contributed by atoms with Gasteiger partial charge in [0.2, 0.25) is 0 Å². The Labute approximate surface area is 121 Å². The number of hydrogen-bond acceptors (Lipinski definition) is 3. The maximum atomic E-state index is 13.4. The predicted molar refractivity (Wildman–Crippen MR) is 79.6 cm³/mol. The first-order valence-corrected chi connectivity index (χ1v) is 7.01. The zero-order valence-corrected chi connectivity index (χ0v) is 13.1. The van der Waals surface area contributed by atoms with E-state index < -0.39 is 0 Å². The van der Waals surface area contributed by atoms with Crippen molar-refractivity contribution in [1.82, 2.24) is 5.32 Å². The van der Waals surface area contributed by atoms with Crippen molar-refractivity contribution < 1.29 is 13.9 Å². The van der Waals surface area contributed by atoms with Gasteiger partial charge < -0.3 is 14.8 Å². The molecular formula is C16H26FNO2. The molecule has 1 rings (SSSR count). The zero-order valence-electron chi connectivity index (χ0n) is 13.1. The fourth-order valence-corrected chi connectivity index (χ4v) is 1.72. The Morgan fingerprint density at radius 3 is 2.60 bits per heavy atom. The molecule has 0 amide bonds. The lowest BCUT2D eigenvalue weighted by atomic mass is 10.1. The molecule has 3 nitrogen and oxygen atoms in total. The number of rotatable bonds is 7. The van der Waals surface area contributed by atoms with Crippen LogP contribution >= 0.6 is 0 Å². The van der Waals surface area contributed by atoms with E-state index >= 15 is 0 Å². The molecule has 0 heterocycles. The molecule has 0 fully saturated rings. The Hall–Kier alpha value is -1.13. The first kappa shape index (κ1) is 16.9. The van der Waals surface area contributed by atoms with Crippen molar-refractivity contribution >= 4 is 0 Å². The minimum atomic E-state index is -0.243. The fourth-order valence-electron chi connectivity index (χ4n) is 1.72. The van der Waals surface area contributed by atoms with Gasteiger partial charge in [0, 0.05) is 37.8 Å². The van der Waals surface area contributed by atoms with Gasteiger partial charge in [0.05, 0.1) is 6.10 Å². The van der Waals surface area contributed by atoms with Gasteiger partial charge in [-0.1, -0.05) is 0 Å². The molecule has 0 saturated carbocycles. The van der Waals surface area contributed by atoms with Gasteiger partial charge in [0.1, 0.15) is 11.6 Å². The molecule has 0 aliphatic heterocycles. The summed E-state index contributed by atoms with van der Waals surface area (Å²) in [6, 6.07) is 4.65. The average molecular weight is 283 g/mol. The molecule has 0 bridgehead atoms. The highest BCUT2D eigenvalue weighted by Gasteiger charge is 2.13. The lowest BCUT2D eigenvalue weighted by Crippen LogP contribution is -2.35. The Morgan fingerprint density at radius 2 is 2.00 bits per heavy atom. The van der Waals surface area contributed by atoms with Gasteiger partial charge >= 0.3 is 0 Å². The molecule has 1 atom stereocenters. The van der Waals surface area contributed by atoms with Crippen molar-refractivity contribution in [3.05, 3.63) is 29.6 Å². The van der Waals surface area contributed by atoms with Crippen LogP contribution in [0.2, 0.25) is 0 Å². The topological polar surface area (TPSA) is 30.5 Å². The SMILES string of the molecule is COCCC(C)Oc1ccc(F)cc1CNC(C)(C)C. The van der Waals surface area contributed by atoms with Crippen molar-refractivity contribution in [3.8, 4) is 5.75 Å². The smallest absolute Gasteiger partial charge is 0.124 e. The lowest BCUT2D eigenvalue weighted by molar-refractivity contribution is 0.134. The lowest BCUT2D eigenvalue weighted by Gasteiger charge is -2.23. The molecule has 0 radical (unpaired) electrons. The molecule has 0 aliphatic carbocycles. The standard InChI is InChI=1S/C16H26FNO2/c1-12(8-9-19-5)20-15-7-6-14(17)10-13(15)11-18-16(2,3)4/h6-7,10,12,18H,8-9,11H2,1-5H3. The first-order valence-electron chi connectivity index (χ1n) is 7.01. The van der Waals surface area contributed by atoms with Crippen molar-refractivity contribution in [1.29, 1.82) is 0 Å². The second-order valence-corrected chi connectivity index (χ2v) is 6.07. The minimum absolute atomic E-state index is 0.0226. The monoisotopic (exact) mass is 283 g/mol. The third-order valence-electron chi connectivity index (χ3n) is 2.89. The van der Waals surface area contributed by atoms with Crippen LogP contribution in [-0.4, -0.2) is 25.4 Å². The molecule has 0 aliphatic rings. The molecular weight excluding hydrogens is 257 g/mol. The summed E-state index contributed by atoms with van der Waals surface area (Å²) < 4.78 is 24.3. The van der Waals surface area contributed by atoms with Gasteiger partial charge in [-0.3, -0.25) is 0 Å². The van der Waals surface area contributed by atoms with E-state index in [-0.39, 0.29) is 17.5 Å². The number of benzene rings is 1. The largest absolute Gasteiger partial charge is 0.490 e. The van der Waals surface area contributed by atoms with Crippen LogP contribution in [0.4, 0.5) is 4.39 Å². The summed E-state index contributed by atoms with van der Waals surface area (Å²) in [6.45, 7) is 9.45. The summed E-state index contributed by atoms with van der Waals surface area (Å²) in [5.41, 5.74) is 0.815. The van der Waals surface area contributed by atoms with E-state index in [0.29, 0.717) is 13.2 Å². The zero-order chi connectivity index (χ0) is 15.2. The Balaban J connectivity index is 2.74. The predicted octanol–water partition coefficient (Wildman–Crippen LogP) is 3.52. The third-order valence-corrected chi connectivity index (χ3v) is 2.89. The van der Waals surface area contributed by atoms with Crippen LogP contribution in [0.5, 0.6) is 5.75 Å². The maximum absolute atomic E-state index is 13.4. The van der Waals surface area contributed by atoms with Crippen molar-refractivity contribution in [2.45, 2.75) is 52.3 Å². The minimum Gasteiger partial charge on any atom is -0.490 e. The van der Waals surface area contributed by atoms with Crippen LogP contribution in [-0.2, 0) is 11.3 Å². The number of nitrogens with one attached hydrogen (secondary N) is 1. The molecule has 0 aromatic heterocycles. The van der Waals surface area contributed by atoms with Crippen LogP contribution in [0, 0.1) is 5.82 Å². The molecule has 20 heavy (non-hydrogen) atoms. The van der Waals surface area contributed by atoms with Crippen molar-refractivity contribution in [2.24, 2.45) is 0 Å². The van der Waals surface area contributed by atoms with E-state index in [1.54, 1.807) is 13.2 Å². The molecule has 1 unspecified atom stereocenters. The molecule has 1 aromatic carbocycles. The Morgan fingerprint density at radius 1 is 1.30 bits per heavy atom. The summed E-state index contributed by atoms with van der Waals surface area (Å²) in [6.07, 6.45) is 0.841.